The minimum Gasteiger partial charge on any atom is -0.355 e. The SMILES string of the molecule is O=C(Nc1cccc(-c2ccc(N3CCCCCC3)nn2)c1)c1ccc2ncsc2c1. The summed E-state index contributed by atoms with van der Waals surface area (Å²) in [6.45, 7) is 2.09. The fraction of sp³-hybridized carbons (Fsp3) is 0.250. The van der Waals surface area contributed by atoms with Crippen LogP contribution >= 0.6 is 11.3 Å². The minimum absolute atomic E-state index is 0.143. The molecule has 0 saturated carbocycles. The van der Waals surface area contributed by atoms with Crippen LogP contribution in [0.3, 0.4) is 0 Å². The zero-order chi connectivity index (χ0) is 21.0. The van der Waals surface area contributed by atoms with E-state index in [4.69, 9.17) is 0 Å². The molecule has 1 N–H and O–H groups in total. The summed E-state index contributed by atoms with van der Waals surface area (Å²) in [5.74, 6) is 0.795. The summed E-state index contributed by atoms with van der Waals surface area (Å²) >= 11 is 1.53. The number of hydrogen-bond acceptors (Lipinski definition) is 6. The van der Waals surface area contributed by atoms with E-state index in [0.717, 1.165) is 46.1 Å². The van der Waals surface area contributed by atoms with Gasteiger partial charge in [0, 0.05) is 29.9 Å². The molecule has 0 radical (unpaired) electrons. The maximum atomic E-state index is 12.7. The molecule has 1 aliphatic heterocycles. The number of amides is 1. The van der Waals surface area contributed by atoms with Crippen molar-refractivity contribution in [1.82, 2.24) is 15.2 Å². The van der Waals surface area contributed by atoms with Gasteiger partial charge >= 0.3 is 0 Å². The van der Waals surface area contributed by atoms with E-state index in [2.05, 4.69) is 25.4 Å². The molecule has 0 atom stereocenters. The van der Waals surface area contributed by atoms with Crippen molar-refractivity contribution >= 4 is 39.0 Å². The number of anilines is 2. The van der Waals surface area contributed by atoms with E-state index in [0.29, 0.717) is 5.56 Å². The summed E-state index contributed by atoms with van der Waals surface area (Å²) in [5.41, 5.74) is 5.75. The number of nitrogens with one attached hydrogen (secondary N) is 1. The van der Waals surface area contributed by atoms with Crippen LogP contribution in [0.1, 0.15) is 36.0 Å². The number of carbonyl (C=O) groups excluding carboxylic acids is 1. The van der Waals surface area contributed by atoms with Gasteiger partial charge in [-0.05, 0) is 55.3 Å². The van der Waals surface area contributed by atoms with Gasteiger partial charge in [0.2, 0.25) is 0 Å². The number of aromatic nitrogens is 3. The van der Waals surface area contributed by atoms with Crippen LogP contribution in [0, 0.1) is 0 Å². The second-order valence-corrected chi connectivity index (χ2v) is 8.63. The second-order valence-electron chi connectivity index (χ2n) is 7.75. The Morgan fingerprint density at radius 2 is 1.81 bits per heavy atom. The van der Waals surface area contributed by atoms with Gasteiger partial charge in [0.15, 0.2) is 5.82 Å². The summed E-state index contributed by atoms with van der Waals surface area (Å²) in [6, 6.07) is 17.3. The molecule has 0 bridgehead atoms. The molecule has 156 valence electrons. The molecule has 3 heterocycles. The topological polar surface area (TPSA) is 71.0 Å². The Hall–Kier alpha value is -3.32. The molecule has 2 aromatic carbocycles. The quantitative estimate of drug-likeness (QED) is 0.471. The lowest BCUT2D eigenvalue weighted by Gasteiger charge is -2.20. The number of carbonyl (C=O) groups is 1. The Balaban J connectivity index is 1.31. The maximum absolute atomic E-state index is 12.7. The van der Waals surface area contributed by atoms with Gasteiger partial charge in [-0.1, -0.05) is 25.0 Å². The average Bonchev–Trinajstić information content (AvgIpc) is 3.11. The lowest BCUT2D eigenvalue weighted by molar-refractivity contribution is 0.102. The van der Waals surface area contributed by atoms with Crippen molar-refractivity contribution < 1.29 is 4.79 Å². The van der Waals surface area contributed by atoms with Gasteiger partial charge in [-0.15, -0.1) is 21.5 Å². The zero-order valence-corrected chi connectivity index (χ0v) is 17.9. The van der Waals surface area contributed by atoms with Crippen molar-refractivity contribution in [3.8, 4) is 11.3 Å². The third kappa shape index (κ3) is 4.41. The largest absolute Gasteiger partial charge is 0.355 e. The summed E-state index contributed by atoms with van der Waals surface area (Å²) < 4.78 is 1.00. The van der Waals surface area contributed by atoms with Crippen LogP contribution < -0.4 is 10.2 Å². The van der Waals surface area contributed by atoms with Crippen LogP contribution in [0.5, 0.6) is 0 Å². The van der Waals surface area contributed by atoms with Crippen LogP contribution in [0.15, 0.2) is 60.1 Å². The predicted octanol–water partition coefficient (Wildman–Crippen LogP) is 5.39. The predicted molar refractivity (Wildman–Crippen MR) is 126 cm³/mol. The number of thiazole rings is 1. The first kappa shape index (κ1) is 19.6. The van der Waals surface area contributed by atoms with Crippen LogP contribution in [-0.4, -0.2) is 34.2 Å². The van der Waals surface area contributed by atoms with Crippen molar-refractivity contribution in [1.29, 1.82) is 0 Å². The molecule has 0 aliphatic carbocycles. The van der Waals surface area contributed by atoms with E-state index < -0.39 is 0 Å². The van der Waals surface area contributed by atoms with Gasteiger partial charge in [-0.3, -0.25) is 4.79 Å². The highest BCUT2D eigenvalue weighted by atomic mass is 32.1. The fourth-order valence-corrected chi connectivity index (χ4v) is 4.62. The van der Waals surface area contributed by atoms with Gasteiger partial charge in [-0.25, -0.2) is 4.98 Å². The van der Waals surface area contributed by atoms with Crippen molar-refractivity contribution in [2.75, 3.05) is 23.3 Å². The van der Waals surface area contributed by atoms with E-state index in [1.165, 1.54) is 37.0 Å². The van der Waals surface area contributed by atoms with Crippen molar-refractivity contribution in [3.63, 3.8) is 0 Å². The van der Waals surface area contributed by atoms with Crippen LogP contribution in [0.2, 0.25) is 0 Å². The highest BCUT2D eigenvalue weighted by molar-refractivity contribution is 7.16. The molecule has 1 fully saturated rings. The standard InChI is InChI=1S/C24H23N5OS/c30-24(18-8-9-21-22(15-18)31-16-25-21)26-19-7-5-6-17(14-19)20-10-11-23(28-27-20)29-12-3-1-2-4-13-29/h5-11,14-16H,1-4,12-13H2,(H,26,30). The van der Waals surface area contributed by atoms with Gasteiger partial charge < -0.3 is 10.2 Å². The second kappa shape index (κ2) is 8.81. The van der Waals surface area contributed by atoms with Crippen LogP contribution in [-0.2, 0) is 0 Å². The number of benzene rings is 2. The molecule has 31 heavy (non-hydrogen) atoms. The van der Waals surface area contributed by atoms with Crippen molar-refractivity contribution in [2.45, 2.75) is 25.7 Å². The lowest BCUT2D eigenvalue weighted by atomic mass is 10.1. The third-order valence-electron chi connectivity index (χ3n) is 5.59. The molecule has 0 unspecified atom stereocenters. The summed E-state index contributed by atoms with van der Waals surface area (Å²) in [5, 5.41) is 11.9. The first-order valence-corrected chi connectivity index (χ1v) is 11.5. The molecule has 4 aromatic rings. The Labute approximate surface area is 185 Å². The summed E-state index contributed by atoms with van der Waals surface area (Å²) in [7, 11) is 0. The number of hydrogen-bond donors (Lipinski definition) is 1. The molecule has 2 aromatic heterocycles. The highest BCUT2D eigenvalue weighted by Gasteiger charge is 2.13. The molecule has 1 saturated heterocycles. The van der Waals surface area contributed by atoms with Crippen molar-refractivity contribution in [3.05, 3.63) is 65.7 Å². The molecule has 0 spiro atoms. The molecular weight excluding hydrogens is 406 g/mol. The molecule has 5 rings (SSSR count). The molecule has 7 heteroatoms. The van der Waals surface area contributed by atoms with E-state index in [9.17, 15) is 4.79 Å². The molecule has 6 nitrogen and oxygen atoms in total. The third-order valence-corrected chi connectivity index (χ3v) is 6.38. The number of rotatable bonds is 4. The Morgan fingerprint density at radius 3 is 2.61 bits per heavy atom. The van der Waals surface area contributed by atoms with Gasteiger partial charge in [0.25, 0.3) is 5.91 Å². The van der Waals surface area contributed by atoms with Crippen LogP contribution in [0.25, 0.3) is 21.5 Å². The summed E-state index contributed by atoms with van der Waals surface area (Å²) in [4.78, 5) is 19.3. The average molecular weight is 430 g/mol. The van der Waals surface area contributed by atoms with Gasteiger partial charge in [0.05, 0.1) is 21.4 Å². The monoisotopic (exact) mass is 429 g/mol. The molecule has 1 aliphatic rings. The molecule has 1 amide bonds. The van der Waals surface area contributed by atoms with E-state index in [1.807, 2.05) is 48.5 Å². The summed E-state index contributed by atoms with van der Waals surface area (Å²) in [6.07, 6.45) is 5.00. The first-order chi connectivity index (χ1) is 15.3. The van der Waals surface area contributed by atoms with Gasteiger partial charge in [-0.2, -0.15) is 0 Å². The lowest BCUT2D eigenvalue weighted by Crippen LogP contribution is -2.25. The number of fused-ring (bicyclic) bond motifs is 1. The van der Waals surface area contributed by atoms with Crippen molar-refractivity contribution in [2.24, 2.45) is 0 Å². The fourth-order valence-electron chi connectivity index (χ4n) is 3.90. The van der Waals surface area contributed by atoms with Crippen LogP contribution in [0.4, 0.5) is 11.5 Å². The Morgan fingerprint density at radius 1 is 0.935 bits per heavy atom. The van der Waals surface area contributed by atoms with Gasteiger partial charge in [0.1, 0.15) is 0 Å². The maximum Gasteiger partial charge on any atom is 0.255 e. The smallest absolute Gasteiger partial charge is 0.255 e. The van der Waals surface area contributed by atoms with E-state index in [1.54, 1.807) is 11.6 Å². The highest BCUT2D eigenvalue weighted by Crippen LogP contribution is 2.24. The molecular formula is C24H23N5OS. The minimum atomic E-state index is -0.143. The zero-order valence-electron chi connectivity index (χ0n) is 17.1. The first-order valence-electron chi connectivity index (χ1n) is 10.6. The Bertz CT molecular complexity index is 1200. The van der Waals surface area contributed by atoms with E-state index >= 15 is 0 Å². The normalized spacial score (nSPS) is 14.4. The van der Waals surface area contributed by atoms with E-state index in [-0.39, 0.29) is 5.91 Å². The number of nitrogens with zero attached hydrogens (tertiary/aromatic N) is 4. The Kier molecular flexibility index (Phi) is 5.58.